The highest BCUT2D eigenvalue weighted by Gasteiger charge is 2.50. The van der Waals surface area contributed by atoms with E-state index in [1.807, 2.05) is 6.07 Å². The quantitative estimate of drug-likeness (QED) is 0.480. The Morgan fingerprint density at radius 1 is 1.26 bits per heavy atom. The molecule has 0 radical (unpaired) electrons. The summed E-state index contributed by atoms with van der Waals surface area (Å²) in [5.74, 6) is -2.22. The van der Waals surface area contributed by atoms with Crippen molar-refractivity contribution in [1.82, 2.24) is 20.1 Å². The normalized spacial score (nSPS) is 16.2. The summed E-state index contributed by atoms with van der Waals surface area (Å²) in [7, 11) is -3.68. The maximum atomic E-state index is 13.3. The molecule has 2 aliphatic rings. The number of fused-ring (bicyclic) bond motifs is 1. The number of nitrogens with one attached hydrogen (secondary N) is 2. The number of hydrogen-bond donors (Lipinski definition) is 2. The first-order chi connectivity index (χ1) is 18.3. The second kappa shape index (κ2) is 9.09. The molecule has 1 aromatic carbocycles. The van der Waals surface area contributed by atoms with Crippen molar-refractivity contribution in [3.63, 3.8) is 0 Å². The fourth-order valence-electron chi connectivity index (χ4n) is 4.70. The Hall–Kier alpha value is -4.45. The monoisotopic (exact) mass is 559 g/mol. The smallest absolute Gasteiger partial charge is 0.367 e. The van der Waals surface area contributed by atoms with E-state index in [1.54, 1.807) is 11.0 Å². The fourth-order valence-corrected chi connectivity index (χ4v) is 5.24. The maximum Gasteiger partial charge on any atom is 0.416 e. The predicted octanol–water partition coefficient (Wildman–Crippen LogP) is 1.69. The maximum absolute atomic E-state index is 13.3. The van der Waals surface area contributed by atoms with Crippen LogP contribution in [-0.4, -0.2) is 65.6 Å². The number of pyridine rings is 1. The Bertz CT molecular complexity index is 1640. The molecule has 1 fully saturated rings. The summed E-state index contributed by atoms with van der Waals surface area (Å²) in [6.45, 7) is 0.439. The van der Waals surface area contributed by atoms with Crippen molar-refractivity contribution in [3.8, 4) is 11.9 Å². The number of rotatable bonds is 5. The first kappa shape index (κ1) is 26.2. The van der Waals surface area contributed by atoms with Gasteiger partial charge in [-0.1, -0.05) is 6.07 Å². The molecule has 15 heteroatoms. The van der Waals surface area contributed by atoms with Crippen LogP contribution in [0.15, 0.2) is 42.6 Å². The second-order valence-corrected chi connectivity index (χ2v) is 11.7. The number of halogens is 3. The molecular weight excluding hydrogens is 539 g/mol. The molecular formula is C24H20F3N7O4S. The van der Waals surface area contributed by atoms with Crippen LogP contribution in [0.3, 0.4) is 0 Å². The van der Waals surface area contributed by atoms with Crippen LogP contribution in [0.2, 0.25) is 0 Å². The molecule has 1 saturated heterocycles. The van der Waals surface area contributed by atoms with Gasteiger partial charge in [0.2, 0.25) is 5.91 Å². The van der Waals surface area contributed by atoms with Gasteiger partial charge < -0.3 is 15.5 Å². The lowest BCUT2D eigenvalue weighted by molar-refractivity contribution is -0.137. The molecule has 39 heavy (non-hydrogen) atoms. The third kappa shape index (κ3) is 5.15. The third-order valence-electron chi connectivity index (χ3n) is 6.34. The SMILES string of the molecule is CS(=O)(=O)CC(=O)Nc1c2c(nn1-c1ccc(C#N)cn1)CC1(CN(c3cccc(C(F)(F)F)c3)C1)NC2=O. The average molecular weight is 560 g/mol. The van der Waals surface area contributed by atoms with Gasteiger partial charge in [0.15, 0.2) is 21.5 Å². The fraction of sp³-hybridized carbons (Fsp3) is 0.292. The van der Waals surface area contributed by atoms with Gasteiger partial charge in [-0.15, -0.1) is 0 Å². The van der Waals surface area contributed by atoms with Crippen molar-refractivity contribution >= 4 is 33.2 Å². The largest absolute Gasteiger partial charge is 0.416 e. The van der Waals surface area contributed by atoms with Crippen molar-refractivity contribution in [2.24, 2.45) is 0 Å². The zero-order chi connectivity index (χ0) is 28.2. The first-order valence-corrected chi connectivity index (χ1v) is 13.5. The average Bonchev–Trinajstić information content (AvgIpc) is 3.19. The van der Waals surface area contributed by atoms with Gasteiger partial charge >= 0.3 is 6.18 Å². The number of benzene rings is 1. The Labute approximate surface area is 220 Å². The second-order valence-electron chi connectivity index (χ2n) is 9.53. The summed E-state index contributed by atoms with van der Waals surface area (Å²) in [6, 6.07) is 9.75. The number of amides is 2. The number of carbonyl (C=O) groups is 2. The van der Waals surface area contributed by atoms with Gasteiger partial charge in [-0.3, -0.25) is 9.59 Å². The van der Waals surface area contributed by atoms with E-state index in [4.69, 9.17) is 5.26 Å². The topological polar surface area (TPSA) is 150 Å². The van der Waals surface area contributed by atoms with Crippen molar-refractivity contribution in [1.29, 1.82) is 5.26 Å². The van der Waals surface area contributed by atoms with Crippen LogP contribution in [0.4, 0.5) is 24.7 Å². The Morgan fingerprint density at radius 3 is 2.62 bits per heavy atom. The number of carbonyl (C=O) groups excluding carboxylic acids is 2. The zero-order valence-corrected chi connectivity index (χ0v) is 21.1. The number of nitriles is 1. The van der Waals surface area contributed by atoms with Crippen LogP contribution >= 0.6 is 0 Å². The van der Waals surface area contributed by atoms with E-state index in [0.29, 0.717) is 11.4 Å². The summed E-state index contributed by atoms with van der Waals surface area (Å²) in [5, 5.41) is 18.9. The summed E-state index contributed by atoms with van der Waals surface area (Å²) < 4.78 is 63.9. The third-order valence-corrected chi connectivity index (χ3v) is 7.13. The molecule has 0 atom stereocenters. The lowest BCUT2D eigenvalue weighted by Crippen LogP contribution is -2.73. The van der Waals surface area contributed by atoms with E-state index < -0.39 is 44.7 Å². The molecule has 5 rings (SSSR count). The van der Waals surface area contributed by atoms with Gasteiger partial charge in [0.25, 0.3) is 5.91 Å². The van der Waals surface area contributed by atoms with Gasteiger partial charge in [-0.2, -0.15) is 28.2 Å². The van der Waals surface area contributed by atoms with E-state index in [2.05, 4.69) is 20.7 Å². The molecule has 11 nitrogen and oxygen atoms in total. The number of nitrogens with zero attached hydrogens (tertiary/aromatic N) is 5. The van der Waals surface area contributed by atoms with Crippen LogP contribution < -0.4 is 15.5 Å². The Balaban J connectivity index is 1.46. The Kier molecular flexibility index (Phi) is 6.10. The molecule has 2 aliphatic heterocycles. The summed E-state index contributed by atoms with van der Waals surface area (Å²) >= 11 is 0. The molecule has 0 bridgehead atoms. The molecule has 0 aliphatic carbocycles. The highest BCUT2D eigenvalue weighted by atomic mass is 32.2. The highest BCUT2D eigenvalue weighted by molar-refractivity contribution is 7.91. The minimum atomic E-state index is -4.49. The zero-order valence-electron chi connectivity index (χ0n) is 20.3. The van der Waals surface area contributed by atoms with Crippen LogP contribution in [0.5, 0.6) is 0 Å². The standard InChI is InChI=1S/C24H20F3N7O4S/c1-39(37,38)11-19(35)30-21-20-17(32-34(21)18-6-5-14(9-28)10-29-18)8-23(31-22(20)36)12-33(13-23)16-4-2-3-15(7-16)24(25,26)27/h2-7,10H,8,11-13H2,1H3,(H,30,35)(H,31,36). The molecule has 0 unspecified atom stereocenters. The van der Waals surface area contributed by atoms with E-state index in [9.17, 15) is 31.2 Å². The predicted molar refractivity (Wildman–Crippen MR) is 132 cm³/mol. The first-order valence-electron chi connectivity index (χ1n) is 11.5. The van der Waals surface area contributed by atoms with Crippen LogP contribution in [-0.2, 0) is 27.2 Å². The molecule has 0 saturated carbocycles. The highest BCUT2D eigenvalue weighted by Crippen LogP contribution is 2.38. The summed E-state index contributed by atoms with van der Waals surface area (Å²) in [5.41, 5.74) is -0.659. The molecule has 202 valence electrons. The van der Waals surface area contributed by atoms with Crippen molar-refractivity contribution in [3.05, 3.63) is 65.0 Å². The van der Waals surface area contributed by atoms with E-state index in [0.717, 1.165) is 18.4 Å². The number of anilines is 2. The van der Waals surface area contributed by atoms with Crippen molar-refractivity contribution in [2.75, 3.05) is 35.3 Å². The molecule has 2 aromatic heterocycles. The van der Waals surface area contributed by atoms with Crippen LogP contribution in [0, 0.1) is 11.3 Å². The number of alkyl halides is 3. The van der Waals surface area contributed by atoms with E-state index in [1.165, 1.54) is 29.1 Å². The van der Waals surface area contributed by atoms with Gasteiger partial charge in [-0.25, -0.2) is 13.4 Å². The molecule has 4 heterocycles. The summed E-state index contributed by atoms with van der Waals surface area (Å²) in [6.07, 6.45) is -2.12. The van der Waals surface area contributed by atoms with E-state index >= 15 is 0 Å². The van der Waals surface area contributed by atoms with Gasteiger partial charge in [0.1, 0.15) is 17.4 Å². The van der Waals surface area contributed by atoms with Crippen molar-refractivity contribution < 1.29 is 31.2 Å². The minimum absolute atomic E-state index is 0.0196. The molecule has 2 N–H and O–H groups in total. The number of hydrogen-bond acceptors (Lipinski definition) is 8. The molecule has 1 spiro atoms. The van der Waals surface area contributed by atoms with Gasteiger partial charge in [-0.05, 0) is 30.3 Å². The van der Waals surface area contributed by atoms with Crippen molar-refractivity contribution in [2.45, 2.75) is 18.1 Å². The van der Waals surface area contributed by atoms with Gasteiger partial charge in [0, 0.05) is 37.7 Å². The van der Waals surface area contributed by atoms with Crippen LogP contribution in [0.1, 0.15) is 27.2 Å². The number of aromatic nitrogens is 3. The molecule has 2 amide bonds. The molecule has 3 aromatic rings. The van der Waals surface area contributed by atoms with E-state index in [-0.39, 0.29) is 42.3 Å². The Morgan fingerprint density at radius 2 is 2.00 bits per heavy atom. The summed E-state index contributed by atoms with van der Waals surface area (Å²) in [4.78, 5) is 31.6. The van der Waals surface area contributed by atoms with Gasteiger partial charge in [0.05, 0.1) is 22.4 Å². The number of sulfone groups is 1. The lowest BCUT2D eigenvalue weighted by atomic mass is 9.80. The lowest BCUT2D eigenvalue weighted by Gasteiger charge is -2.53. The minimum Gasteiger partial charge on any atom is -0.367 e. The van der Waals surface area contributed by atoms with Crippen LogP contribution in [0.25, 0.3) is 5.82 Å².